The maximum Gasteiger partial charge on any atom is 0.237 e. The predicted molar refractivity (Wildman–Crippen MR) is 66.8 cm³/mol. The van der Waals surface area contributed by atoms with Crippen LogP contribution in [0.3, 0.4) is 0 Å². The van der Waals surface area contributed by atoms with Crippen molar-refractivity contribution in [3.63, 3.8) is 0 Å². The highest BCUT2D eigenvalue weighted by atomic mass is 16.5. The summed E-state index contributed by atoms with van der Waals surface area (Å²) in [5.74, 6) is 0.834. The molecule has 2 rings (SSSR count). The number of piperidine rings is 1. The molecule has 2 fully saturated rings. The monoisotopic (exact) mass is 240 g/mol. The predicted octanol–water partition coefficient (Wildman–Crippen LogP) is 1.06. The molecule has 0 bridgehead atoms. The Labute approximate surface area is 103 Å². The molecular weight excluding hydrogens is 216 g/mol. The summed E-state index contributed by atoms with van der Waals surface area (Å²) in [5, 5.41) is 6.41. The van der Waals surface area contributed by atoms with Gasteiger partial charge in [0.15, 0.2) is 0 Å². The lowest BCUT2D eigenvalue weighted by molar-refractivity contribution is -0.126. The first-order valence-corrected chi connectivity index (χ1v) is 6.84. The average molecular weight is 240 g/mol. The van der Waals surface area contributed by atoms with Crippen molar-refractivity contribution in [1.29, 1.82) is 0 Å². The van der Waals surface area contributed by atoms with E-state index in [1.54, 1.807) is 0 Å². The van der Waals surface area contributed by atoms with Gasteiger partial charge in [-0.15, -0.1) is 0 Å². The summed E-state index contributed by atoms with van der Waals surface area (Å²) in [6.45, 7) is 5.97. The maximum atomic E-state index is 12.0. The molecule has 1 saturated carbocycles. The highest BCUT2D eigenvalue weighted by Gasteiger charge is 2.33. The SMILES string of the molecule is CCOC1CC(NC(=O)C2CC(C)CCN2)C1. The van der Waals surface area contributed by atoms with Crippen LogP contribution < -0.4 is 10.6 Å². The van der Waals surface area contributed by atoms with Crippen LogP contribution in [0.1, 0.15) is 39.5 Å². The van der Waals surface area contributed by atoms with Crippen LogP contribution in [-0.4, -0.2) is 37.2 Å². The molecule has 2 atom stereocenters. The van der Waals surface area contributed by atoms with E-state index in [-0.39, 0.29) is 11.9 Å². The zero-order valence-corrected chi connectivity index (χ0v) is 10.9. The molecule has 0 aromatic rings. The lowest BCUT2D eigenvalue weighted by Crippen LogP contribution is -2.55. The van der Waals surface area contributed by atoms with E-state index in [4.69, 9.17) is 4.74 Å². The number of hydrogen-bond acceptors (Lipinski definition) is 3. The number of hydrogen-bond donors (Lipinski definition) is 2. The van der Waals surface area contributed by atoms with Crippen molar-refractivity contribution in [1.82, 2.24) is 10.6 Å². The second-order valence-corrected chi connectivity index (χ2v) is 5.39. The van der Waals surface area contributed by atoms with Crippen LogP contribution >= 0.6 is 0 Å². The van der Waals surface area contributed by atoms with Crippen molar-refractivity contribution in [2.75, 3.05) is 13.2 Å². The summed E-state index contributed by atoms with van der Waals surface area (Å²) >= 11 is 0. The van der Waals surface area contributed by atoms with Gasteiger partial charge in [0.1, 0.15) is 0 Å². The number of ether oxygens (including phenoxy) is 1. The number of nitrogens with one attached hydrogen (secondary N) is 2. The Bertz CT molecular complexity index is 264. The zero-order valence-electron chi connectivity index (χ0n) is 10.9. The molecule has 98 valence electrons. The summed E-state index contributed by atoms with van der Waals surface area (Å²) in [7, 11) is 0. The number of carbonyl (C=O) groups excluding carboxylic acids is 1. The van der Waals surface area contributed by atoms with Crippen molar-refractivity contribution in [2.24, 2.45) is 5.92 Å². The minimum Gasteiger partial charge on any atom is -0.378 e. The van der Waals surface area contributed by atoms with Crippen LogP contribution in [0.5, 0.6) is 0 Å². The van der Waals surface area contributed by atoms with Gasteiger partial charge in [-0.1, -0.05) is 6.92 Å². The van der Waals surface area contributed by atoms with E-state index in [2.05, 4.69) is 17.6 Å². The van der Waals surface area contributed by atoms with Crippen LogP contribution in [0, 0.1) is 5.92 Å². The first kappa shape index (κ1) is 12.8. The minimum absolute atomic E-state index is 0.0184. The van der Waals surface area contributed by atoms with E-state index >= 15 is 0 Å². The molecule has 1 heterocycles. The van der Waals surface area contributed by atoms with Gasteiger partial charge in [0.2, 0.25) is 5.91 Å². The van der Waals surface area contributed by atoms with Crippen molar-refractivity contribution in [3.8, 4) is 0 Å². The zero-order chi connectivity index (χ0) is 12.3. The van der Waals surface area contributed by atoms with Crippen molar-refractivity contribution >= 4 is 5.91 Å². The van der Waals surface area contributed by atoms with Gasteiger partial charge >= 0.3 is 0 Å². The van der Waals surface area contributed by atoms with E-state index in [1.165, 1.54) is 6.42 Å². The molecule has 1 saturated heterocycles. The largest absolute Gasteiger partial charge is 0.378 e. The first-order valence-electron chi connectivity index (χ1n) is 6.84. The van der Waals surface area contributed by atoms with Crippen LogP contribution in [0.15, 0.2) is 0 Å². The normalized spacial score (nSPS) is 37.3. The third-order valence-corrected chi connectivity index (χ3v) is 3.83. The summed E-state index contributed by atoms with van der Waals surface area (Å²) in [6.07, 6.45) is 4.46. The van der Waals surface area contributed by atoms with Gasteiger partial charge in [0.05, 0.1) is 12.1 Å². The Kier molecular flexibility index (Phi) is 4.40. The molecule has 2 N–H and O–H groups in total. The Morgan fingerprint density at radius 2 is 2.18 bits per heavy atom. The molecule has 4 heteroatoms. The Hall–Kier alpha value is -0.610. The smallest absolute Gasteiger partial charge is 0.237 e. The third kappa shape index (κ3) is 3.42. The molecular formula is C13H24N2O2. The van der Waals surface area contributed by atoms with E-state index < -0.39 is 0 Å². The van der Waals surface area contributed by atoms with Gasteiger partial charge in [-0.2, -0.15) is 0 Å². The minimum atomic E-state index is 0.0184. The van der Waals surface area contributed by atoms with Gasteiger partial charge in [0.25, 0.3) is 0 Å². The fraction of sp³-hybridized carbons (Fsp3) is 0.923. The van der Waals surface area contributed by atoms with Gasteiger partial charge in [-0.05, 0) is 45.1 Å². The lowest BCUT2D eigenvalue weighted by atomic mass is 9.88. The van der Waals surface area contributed by atoms with Gasteiger partial charge in [0, 0.05) is 12.6 Å². The van der Waals surface area contributed by atoms with Crippen molar-refractivity contribution in [2.45, 2.75) is 57.7 Å². The van der Waals surface area contributed by atoms with Crippen LogP contribution in [-0.2, 0) is 9.53 Å². The highest BCUT2D eigenvalue weighted by molar-refractivity contribution is 5.82. The average Bonchev–Trinajstić information content (AvgIpc) is 2.26. The van der Waals surface area contributed by atoms with Crippen molar-refractivity contribution in [3.05, 3.63) is 0 Å². The molecule has 1 aliphatic heterocycles. The molecule has 0 aromatic heterocycles. The molecule has 1 amide bonds. The van der Waals surface area contributed by atoms with Crippen LogP contribution in [0.4, 0.5) is 0 Å². The molecule has 0 aromatic carbocycles. The van der Waals surface area contributed by atoms with E-state index in [1.807, 2.05) is 6.92 Å². The van der Waals surface area contributed by atoms with E-state index in [0.717, 1.165) is 32.4 Å². The summed E-state index contributed by atoms with van der Waals surface area (Å²) in [6, 6.07) is 0.350. The second kappa shape index (κ2) is 5.83. The number of amides is 1. The highest BCUT2D eigenvalue weighted by Crippen LogP contribution is 2.24. The molecule has 2 unspecified atom stereocenters. The van der Waals surface area contributed by atoms with Crippen LogP contribution in [0.2, 0.25) is 0 Å². The fourth-order valence-corrected chi connectivity index (χ4v) is 2.66. The summed E-state index contributed by atoms with van der Waals surface area (Å²) in [5.41, 5.74) is 0. The Morgan fingerprint density at radius 3 is 2.82 bits per heavy atom. The quantitative estimate of drug-likeness (QED) is 0.772. The van der Waals surface area contributed by atoms with Crippen LogP contribution in [0.25, 0.3) is 0 Å². The number of rotatable bonds is 4. The maximum absolute atomic E-state index is 12.0. The Balaban J connectivity index is 1.68. The van der Waals surface area contributed by atoms with E-state index in [9.17, 15) is 4.79 Å². The number of carbonyl (C=O) groups is 1. The summed E-state index contributed by atoms with van der Waals surface area (Å²) in [4.78, 5) is 12.0. The molecule has 0 radical (unpaired) electrons. The molecule has 4 nitrogen and oxygen atoms in total. The first-order chi connectivity index (χ1) is 8.19. The lowest BCUT2D eigenvalue weighted by Gasteiger charge is -2.37. The Morgan fingerprint density at radius 1 is 1.41 bits per heavy atom. The standard InChI is InChI=1S/C13H24N2O2/c1-3-17-11-7-10(8-11)15-13(16)12-6-9(2)4-5-14-12/h9-12,14H,3-8H2,1-2H3,(H,15,16). The van der Waals surface area contributed by atoms with E-state index in [0.29, 0.717) is 18.1 Å². The molecule has 2 aliphatic rings. The van der Waals surface area contributed by atoms with Gasteiger partial charge < -0.3 is 15.4 Å². The molecule has 17 heavy (non-hydrogen) atoms. The third-order valence-electron chi connectivity index (χ3n) is 3.83. The summed E-state index contributed by atoms with van der Waals surface area (Å²) < 4.78 is 5.49. The van der Waals surface area contributed by atoms with Crippen molar-refractivity contribution < 1.29 is 9.53 Å². The molecule has 1 aliphatic carbocycles. The molecule has 0 spiro atoms. The topological polar surface area (TPSA) is 50.4 Å². The fourth-order valence-electron chi connectivity index (χ4n) is 2.66. The van der Waals surface area contributed by atoms with Gasteiger partial charge in [-0.3, -0.25) is 4.79 Å². The second-order valence-electron chi connectivity index (χ2n) is 5.39. The van der Waals surface area contributed by atoms with Gasteiger partial charge in [-0.25, -0.2) is 0 Å².